The first-order valence-corrected chi connectivity index (χ1v) is 12.5. The summed E-state index contributed by atoms with van der Waals surface area (Å²) >= 11 is 0. The summed E-state index contributed by atoms with van der Waals surface area (Å²) in [6.45, 7) is 2.52. The molecule has 1 unspecified atom stereocenters. The lowest BCUT2D eigenvalue weighted by Gasteiger charge is -2.35. The maximum Gasteiger partial charge on any atom is 0.425 e. The molecule has 3 rings (SSSR count). The Labute approximate surface area is 200 Å². The van der Waals surface area contributed by atoms with Crippen LogP contribution in [0.4, 0.5) is 22.4 Å². The number of halogens is 4. The molecule has 1 saturated carbocycles. The van der Waals surface area contributed by atoms with Gasteiger partial charge in [0.15, 0.2) is 24.3 Å². The summed E-state index contributed by atoms with van der Waals surface area (Å²) in [5.41, 5.74) is 0.661. The number of aryl methyl sites for hydroxylation is 1. The van der Waals surface area contributed by atoms with Crippen LogP contribution in [0.15, 0.2) is 12.1 Å². The van der Waals surface area contributed by atoms with Crippen molar-refractivity contribution < 1.29 is 45.0 Å². The third kappa shape index (κ3) is 7.19. The van der Waals surface area contributed by atoms with Crippen molar-refractivity contribution in [2.75, 3.05) is 32.8 Å². The highest BCUT2D eigenvalue weighted by Crippen LogP contribution is 2.29. The fourth-order valence-electron chi connectivity index (χ4n) is 3.38. The van der Waals surface area contributed by atoms with Gasteiger partial charge in [0.2, 0.25) is 10.0 Å². The Hall–Kier alpha value is -2.61. The van der Waals surface area contributed by atoms with E-state index in [1.165, 1.54) is 13.0 Å². The summed E-state index contributed by atoms with van der Waals surface area (Å²) in [5.74, 6) is -1.79. The minimum Gasteiger partial charge on any atom is -0.480 e. The topological polar surface area (TPSA) is 105 Å². The van der Waals surface area contributed by atoms with Crippen molar-refractivity contribution in [2.45, 2.75) is 50.8 Å². The summed E-state index contributed by atoms with van der Waals surface area (Å²) in [4.78, 5) is 27.0. The number of nitrogens with zero attached hydrogens (tertiary/aromatic N) is 2. The van der Waals surface area contributed by atoms with E-state index in [-0.39, 0.29) is 44.0 Å². The second-order valence-electron chi connectivity index (χ2n) is 8.57. The van der Waals surface area contributed by atoms with Gasteiger partial charge in [-0.1, -0.05) is 12.1 Å². The van der Waals surface area contributed by atoms with Crippen LogP contribution in [0.1, 0.15) is 30.9 Å². The predicted octanol–water partition coefficient (Wildman–Crippen LogP) is 2.33. The van der Waals surface area contributed by atoms with E-state index in [1.54, 1.807) is 6.07 Å². The lowest BCUT2D eigenvalue weighted by Crippen LogP contribution is -2.49. The molecule has 1 saturated heterocycles. The molecule has 1 aromatic rings. The van der Waals surface area contributed by atoms with Crippen LogP contribution in [0, 0.1) is 12.7 Å². The normalized spacial score (nSPS) is 18.2. The van der Waals surface area contributed by atoms with Gasteiger partial charge in [0.05, 0.1) is 5.25 Å². The van der Waals surface area contributed by atoms with Crippen molar-refractivity contribution in [1.29, 1.82) is 0 Å². The summed E-state index contributed by atoms with van der Waals surface area (Å²) in [6, 6.07) is 3.14. The van der Waals surface area contributed by atoms with Crippen molar-refractivity contribution >= 4 is 22.0 Å². The van der Waals surface area contributed by atoms with E-state index in [1.807, 2.05) is 9.62 Å². The van der Waals surface area contributed by atoms with Gasteiger partial charge in [-0.15, -0.1) is 0 Å². The molecule has 1 aromatic carbocycles. The highest BCUT2D eigenvalue weighted by molar-refractivity contribution is 7.90. The Bertz CT molecular complexity index is 1050. The molecule has 0 radical (unpaired) electrons. The van der Waals surface area contributed by atoms with E-state index in [4.69, 9.17) is 4.74 Å². The third-order valence-corrected chi connectivity index (χ3v) is 7.56. The molecule has 1 aliphatic heterocycles. The molecule has 196 valence electrons. The molecule has 2 aliphatic rings. The lowest BCUT2D eigenvalue weighted by atomic mass is 10.1. The molecule has 0 spiro atoms. The average molecular weight is 526 g/mol. The van der Waals surface area contributed by atoms with Crippen molar-refractivity contribution in [3.05, 3.63) is 29.1 Å². The number of hydrogen-bond acceptors (Lipinski definition) is 7. The molecule has 1 atom stereocenters. The zero-order valence-corrected chi connectivity index (χ0v) is 20.0. The monoisotopic (exact) mass is 525 g/mol. The largest absolute Gasteiger partial charge is 0.480 e. The van der Waals surface area contributed by atoms with Crippen LogP contribution in [-0.2, 0) is 26.1 Å². The average Bonchev–Trinajstić information content (AvgIpc) is 3.62. The Morgan fingerprint density at radius 2 is 1.80 bits per heavy atom. The Morgan fingerprint density at radius 3 is 2.37 bits per heavy atom. The molecule has 1 aliphatic carbocycles. The Kier molecular flexibility index (Phi) is 8.14. The van der Waals surface area contributed by atoms with Crippen LogP contribution in [0.3, 0.4) is 0 Å². The standard InChI is InChI=1S/C21H27F4N3O6S/c1-13-3-4-15(19(18(13)22)33-12-17(29)26-35(31,32)16-5-6-16)11-27-7-9-28(10-8-27)20(30)34-14(2)21(23,24)25/h3-4,14,16H,5-12H2,1-2H3,(H,26,29). The molecule has 14 heteroatoms. The van der Waals surface area contributed by atoms with Gasteiger partial charge in [0, 0.05) is 38.3 Å². The third-order valence-electron chi connectivity index (χ3n) is 5.70. The van der Waals surface area contributed by atoms with Crippen molar-refractivity contribution in [2.24, 2.45) is 0 Å². The van der Waals surface area contributed by atoms with Gasteiger partial charge in [0.25, 0.3) is 5.91 Å². The molecule has 2 amide bonds. The molecule has 0 bridgehead atoms. The number of alkyl halides is 3. The van der Waals surface area contributed by atoms with Crippen LogP contribution >= 0.6 is 0 Å². The van der Waals surface area contributed by atoms with Gasteiger partial charge >= 0.3 is 12.3 Å². The van der Waals surface area contributed by atoms with Crippen molar-refractivity contribution in [3.8, 4) is 5.75 Å². The number of carbonyl (C=O) groups excluding carboxylic acids is 2. The fourth-order valence-corrected chi connectivity index (χ4v) is 4.68. The van der Waals surface area contributed by atoms with Gasteiger partial charge in [-0.3, -0.25) is 9.69 Å². The van der Waals surface area contributed by atoms with Crippen LogP contribution < -0.4 is 9.46 Å². The van der Waals surface area contributed by atoms with Crippen LogP contribution in [0.25, 0.3) is 0 Å². The molecule has 2 fully saturated rings. The SMILES string of the molecule is Cc1ccc(CN2CCN(C(=O)OC(C)C(F)(F)F)CC2)c(OCC(=O)NS(=O)(=O)C2CC2)c1F. The number of rotatable bonds is 8. The second kappa shape index (κ2) is 10.6. The Morgan fingerprint density at radius 1 is 1.17 bits per heavy atom. The summed E-state index contributed by atoms with van der Waals surface area (Å²) in [7, 11) is -3.76. The summed E-state index contributed by atoms with van der Waals surface area (Å²) in [5, 5.41) is -0.592. The fraction of sp³-hybridized carbons (Fsp3) is 0.619. The predicted molar refractivity (Wildman–Crippen MR) is 116 cm³/mol. The molecular formula is C21H27F4N3O6S. The van der Waals surface area contributed by atoms with Crippen molar-refractivity contribution in [3.63, 3.8) is 0 Å². The van der Waals surface area contributed by atoms with E-state index >= 15 is 0 Å². The van der Waals surface area contributed by atoms with Crippen LogP contribution in [0.5, 0.6) is 5.75 Å². The minimum atomic E-state index is -4.65. The molecule has 1 N–H and O–H groups in total. The number of nitrogens with one attached hydrogen (secondary N) is 1. The first kappa shape index (κ1) is 27.0. The smallest absolute Gasteiger partial charge is 0.425 e. The molecule has 35 heavy (non-hydrogen) atoms. The molecule has 9 nitrogen and oxygen atoms in total. The van der Waals surface area contributed by atoms with E-state index < -0.39 is 52.0 Å². The van der Waals surface area contributed by atoms with Crippen LogP contribution in [-0.4, -0.2) is 80.5 Å². The van der Waals surface area contributed by atoms with Gasteiger partial charge in [0.1, 0.15) is 0 Å². The van der Waals surface area contributed by atoms with E-state index in [2.05, 4.69) is 4.74 Å². The van der Waals surface area contributed by atoms with Gasteiger partial charge in [-0.25, -0.2) is 22.3 Å². The lowest BCUT2D eigenvalue weighted by molar-refractivity contribution is -0.200. The summed E-state index contributed by atoms with van der Waals surface area (Å²) < 4.78 is 88.1. The molecule has 1 heterocycles. The second-order valence-corrected chi connectivity index (χ2v) is 10.5. The zero-order valence-electron chi connectivity index (χ0n) is 19.2. The first-order valence-electron chi connectivity index (χ1n) is 11.0. The molecular weight excluding hydrogens is 498 g/mol. The van der Waals surface area contributed by atoms with E-state index in [0.29, 0.717) is 18.4 Å². The first-order chi connectivity index (χ1) is 16.3. The number of piperazine rings is 1. The van der Waals surface area contributed by atoms with Crippen molar-refractivity contribution in [1.82, 2.24) is 14.5 Å². The number of sulfonamides is 1. The number of benzene rings is 1. The minimum absolute atomic E-state index is 0.107. The number of ether oxygens (including phenoxy) is 2. The van der Waals surface area contributed by atoms with Gasteiger partial charge in [-0.2, -0.15) is 13.2 Å². The Balaban J connectivity index is 1.57. The van der Waals surface area contributed by atoms with Crippen LogP contribution in [0.2, 0.25) is 0 Å². The number of hydrogen-bond donors (Lipinski definition) is 1. The van der Waals surface area contributed by atoms with E-state index in [0.717, 1.165) is 11.8 Å². The maximum absolute atomic E-state index is 14.8. The molecule has 0 aromatic heterocycles. The quantitative estimate of drug-likeness (QED) is 0.520. The number of carbonyl (C=O) groups is 2. The maximum atomic E-state index is 14.8. The van der Waals surface area contributed by atoms with Gasteiger partial charge in [-0.05, 0) is 32.3 Å². The zero-order chi connectivity index (χ0) is 26.0. The summed E-state index contributed by atoms with van der Waals surface area (Å²) in [6.07, 6.45) is -6.98. The van der Waals surface area contributed by atoms with E-state index in [9.17, 15) is 35.6 Å². The number of amides is 2. The highest BCUT2D eigenvalue weighted by Gasteiger charge is 2.40. The highest BCUT2D eigenvalue weighted by atomic mass is 32.2. The van der Waals surface area contributed by atoms with Gasteiger partial charge < -0.3 is 14.4 Å².